The van der Waals surface area contributed by atoms with Crippen LogP contribution in [0.15, 0.2) is 24.3 Å². The Morgan fingerprint density at radius 1 is 1.12 bits per heavy atom. The molecule has 5 nitrogen and oxygen atoms in total. The summed E-state index contributed by atoms with van der Waals surface area (Å²) < 4.78 is 5.78. The summed E-state index contributed by atoms with van der Waals surface area (Å²) in [6, 6.07) is 7.95. The van der Waals surface area contributed by atoms with Crippen LogP contribution < -0.4 is 10.2 Å². The van der Waals surface area contributed by atoms with Gasteiger partial charge in [0.25, 0.3) is 0 Å². The molecule has 1 aromatic rings. The van der Waals surface area contributed by atoms with Crippen LogP contribution in [0.2, 0.25) is 0 Å². The number of carbonyl (C=O) groups is 1. The first-order valence-corrected chi connectivity index (χ1v) is 9.62. The van der Waals surface area contributed by atoms with E-state index >= 15 is 0 Å². The van der Waals surface area contributed by atoms with Crippen LogP contribution in [0.25, 0.3) is 0 Å². The van der Waals surface area contributed by atoms with Crippen molar-refractivity contribution in [2.45, 2.75) is 51.0 Å². The van der Waals surface area contributed by atoms with Crippen LogP contribution >= 0.6 is 0 Å². The lowest BCUT2D eigenvalue weighted by atomic mass is 9.97. The average molecular weight is 346 g/mol. The van der Waals surface area contributed by atoms with Crippen LogP contribution in [-0.4, -0.2) is 43.4 Å². The second-order valence-corrected chi connectivity index (χ2v) is 7.25. The lowest BCUT2D eigenvalue weighted by Crippen LogP contribution is -2.35. The number of rotatable bonds is 6. The van der Waals surface area contributed by atoms with E-state index < -0.39 is 0 Å². The largest absolute Gasteiger partial charge is 0.396 e. The molecular weight excluding hydrogens is 316 g/mol. The number of aliphatic hydroxyl groups excluding tert-OH is 1. The Bertz CT molecular complexity index is 550. The number of hydrogen-bond donors (Lipinski definition) is 2. The molecule has 1 aliphatic heterocycles. The summed E-state index contributed by atoms with van der Waals surface area (Å²) in [5.74, 6) is 0.324. The number of nitrogens with zero attached hydrogens (tertiary/aromatic N) is 1. The van der Waals surface area contributed by atoms with Crippen molar-refractivity contribution in [2.24, 2.45) is 5.92 Å². The molecule has 0 spiro atoms. The van der Waals surface area contributed by atoms with Crippen molar-refractivity contribution in [3.05, 3.63) is 24.3 Å². The van der Waals surface area contributed by atoms with E-state index in [9.17, 15) is 9.90 Å². The van der Waals surface area contributed by atoms with Crippen molar-refractivity contribution in [2.75, 3.05) is 36.5 Å². The fraction of sp³-hybridized carbons (Fsp3) is 0.650. The molecule has 25 heavy (non-hydrogen) atoms. The molecule has 1 aliphatic carbocycles. The van der Waals surface area contributed by atoms with Crippen LogP contribution in [0.5, 0.6) is 0 Å². The average Bonchev–Trinajstić information content (AvgIpc) is 2.68. The van der Waals surface area contributed by atoms with Gasteiger partial charge in [0.1, 0.15) is 6.61 Å². The molecule has 0 atom stereocenters. The number of benzene rings is 1. The summed E-state index contributed by atoms with van der Waals surface area (Å²) in [5.41, 5.74) is 1.91. The maximum atomic E-state index is 12.3. The minimum Gasteiger partial charge on any atom is -0.396 e. The monoisotopic (exact) mass is 346 g/mol. The smallest absolute Gasteiger partial charge is 0.250 e. The Hall–Kier alpha value is -1.59. The van der Waals surface area contributed by atoms with Gasteiger partial charge in [-0.15, -0.1) is 0 Å². The van der Waals surface area contributed by atoms with E-state index in [-0.39, 0.29) is 25.2 Å². The van der Waals surface area contributed by atoms with E-state index in [0.717, 1.165) is 50.1 Å². The summed E-state index contributed by atoms with van der Waals surface area (Å²) >= 11 is 0. The van der Waals surface area contributed by atoms with Crippen LogP contribution in [0, 0.1) is 5.92 Å². The van der Waals surface area contributed by atoms with Gasteiger partial charge in [-0.05, 0) is 43.7 Å². The van der Waals surface area contributed by atoms with E-state index in [2.05, 4.69) is 16.3 Å². The Balaban J connectivity index is 1.54. The zero-order valence-electron chi connectivity index (χ0n) is 15.0. The molecule has 1 saturated heterocycles. The first-order chi connectivity index (χ1) is 12.3. The lowest BCUT2D eigenvalue weighted by molar-refractivity contribution is -0.123. The maximum Gasteiger partial charge on any atom is 0.250 e. The fourth-order valence-electron chi connectivity index (χ4n) is 3.82. The molecule has 0 radical (unpaired) electrons. The summed E-state index contributed by atoms with van der Waals surface area (Å²) in [4.78, 5) is 14.6. The molecule has 3 rings (SSSR count). The number of nitrogens with one attached hydrogen (secondary N) is 1. The molecule has 1 saturated carbocycles. The lowest BCUT2D eigenvalue weighted by Gasteiger charge is -2.34. The highest BCUT2D eigenvalue weighted by Gasteiger charge is 2.21. The molecule has 0 aromatic heterocycles. The van der Waals surface area contributed by atoms with Crippen molar-refractivity contribution in [1.29, 1.82) is 0 Å². The van der Waals surface area contributed by atoms with E-state index in [1.165, 1.54) is 19.3 Å². The van der Waals surface area contributed by atoms with Gasteiger partial charge in [-0.25, -0.2) is 0 Å². The van der Waals surface area contributed by atoms with Gasteiger partial charge in [0, 0.05) is 19.7 Å². The molecule has 138 valence electrons. The zero-order chi connectivity index (χ0) is 17.5. The van der Waals surface area contributed by atoms with Crippen molar-refractivity contribution in [3.8, 4) is 0 Å². The predicted molar refractivity (Wildman–Crippen MR) is 99.9 cm³/mol. The first kappa shape index (κ1) is 18.2. The Morgan fingerprint density at radius 2 is 1.84 bits per heavy atom. The summed E-state index contributed by atoms with van der Waals surface area (Å²) in [6.45, 7) is 2.23. The minimum absolute atomic E-state index is 0.0803. The molecule has 2 fully saturated rings. The highest BCUT2D eigenvalue weighted by Crippen LogP contribution is 2.29. The van der Waals surface area contributed by atoms with Crippen LogP contribution in [-0.2, 0) is 9.53 Å². The Kier molecular flexibility index (Phi) is 6.70. The van der Waals surface area contributed by atoms with E-state index in [1.54, 1.807) is 0 Å². The predicted octanol–water partition coefficient (Wildman–Crippen LogP) is 3.18. The normalized spacial score (nSPS) is 19.8. The minimum atomic E-state index is -0.0803. The second-order valence-electron chi connectivity index (χ2n) is 7.25. The highest BCUT2D eigenvalue weighted by molar-refractivity contribution is 5.95. The molecule has 1 aromatic carbocycles. The Morgan fingerprint density at radius 3 is 2.56 bits per heavy atom. The molecule has 5 heteroatoms. The van der Waals surface area contributed by atoms with Gasteiger partial charge in [-0.3, -0.25) is 4.79 Å². The number of piperidine rings is 1. The topological polar surface area (TPSA) is 61.8 Å². The summed E-state index contributed by atoms with van der Waals surface area (Å²) in [6.07, 6.45) is 8.07. The van der Waals surface area contributed by atoms with Gasteiger partial charge in [0.2, 0.25) is 5.91 Å². The number of hydrogen-bond acceptors (Lipinski definition) is 4. The van der Waals surface area contributed by atoms with Crippen LogP contribution in [0.4, 0.5) is 11.4 Å². The summed E-state index contributed by atoms with van der Waals surface area (Å²) in [7, 11) is 0. The first-order valence-electron chi connectivity index (χ1n) is 9.62. The molecular formula is C20H30N2O3. The highest BCUT2D eigenvalue weighted by atomic mass is 16.5. The molecule has 0 unspecified atom stereocenters. The van der Waals surface area contributed by atoms with Gasteiger partial charge < -0.3 is 20.1 Å². The third-order valence-electron chi connectivity index (χ3n) is 5.39. The van der Waals surface area contributed by atoms with Crippen molar-refractivity contribution in [3.63, 3.8) is 0 Å². The molecule has 2 N–H and O–H groups in total. The number of anilines is 2. The third kappa shape index (κ3) is 5.19. The molecule has 1 amide bonds. The fourth-order valence-corrected chi connectivity index (χ4v) is 3.82. The van der Waals surface area contributed by atoms with Gasteiger partial charge in [-0.1, -0.05) is 31.4 Å². The van der Waals surface area contributed by atoms with Gasteiger partial charge in [0.05, 0.1) is 17.5 Å². The second kappa shape index (κ2) is 9.20. The van der Waals surface area contributed by atoms with Gasteiger partial charge >= 0.3 is 0 Å². The van der Waals surface area contributed by atoms with E-state index in [4.69, 9.17) is 4.74 Å². The number of carbonyl (C=O) groups excluding carboxylic acids is 1. The number of amides is 1. The van der Waals surface area contributed by atoms with Crippen molar-refractivity contribution >= 4 is 17.3 Å². The SMILES string of the molecule is O=C(COC1CCCCC1)Nc1ccccc1N1CCC(CO)CC1. The number of para-hydroxylation sites is 2. The molecule has 2 aliphatic rings. The maximum absolute atomic E-state index is 12.3. The van der Waals surface area contributed by atoms with E-state index in [1.807, 2.05) is 18.2 Å². The summed E-state index contributed by atoms with van der Waals surface area (Å²) in [5, 5.41) is 12.3. The zero-order valence-corrected chi connectivity index (χ0v) is 15.0. The van der Waals surface area contributed by atoms with Crippen LogP contribution in [0.1, 0.15) is 44.9 Å². The molecule has 0 bridgehead atoms. The molecule has 1 heterocycles. The van der Waals surface area contributed by atoms with Gasteiger partial charge in [0.15, 0.2) is 0 Å². The van der Waals surface area contributed by atoms with Crippen molar-refractivity contribution in [1.82, 2.24) is 0 Å². The quantitative estimate of drug-likeness (QED) is 0.830. The number of ether oxygens (including phenoxy) is 1. The number of aliphatic hydroxyl groups is 1. The third-order valence-corrected chi connectivity index (χ3v) is 5.39. The van der Waals surface area contributed by atoms with Crippen molar-refractivity contribution < 1.29 is 14.6 Å². The van der Waals surface area contributed by atoms with E-state index in [0.29, 0.717) is 5.92 Å². The Labute approximate surface area is 150 Å². The van der Waals surface area contributed by atoms with Crippen LogP contribution in [0.3, 0.4) is 0 Å². The van der Waals surface area contributed by atoms with Gasteiger partial charge in [-0.2, -0.15) is 0 Å². The standard InChI is InChI=1S/C20H30N2O3/c23-14-16-10-12-22(13-11-16)19-9-5-4-8-18(19)21-20(24)15-25-17-6-2-1-3-7-17/h4-5,8-9,16-17,23H,1-3,6-7,10-15H2,(H,21,24).